The fourth-order valence-corrected chi connectivity index (χ4v) is 8.18. The summed E-state index contributed by atoms with van der Waals surface area (Å²) in [6.45, 7) is 0. The summed E-state index contributed by atoms with van der Waals surface area (Å²) >= 11 is 0. The normalized spacial score (nSPS) is 20.9. The van der Waals surface area contributed by atoms with Crippen molar-refractivity contribution in [1.29, 1.82) is 0 Å². The lowest BCUT2D eigenvalue weighted by molar-refractivity contribution is -0.146. The number of ether oxygens (including phenoxy) is 3. The molecule has 1 aliphatic carbocycles. The van der Waals surface area contributed by atoms with E-state index < -0.39 is 34.0 Å². The number of carbonyl (C=O) groups excluding carboxylic acids is 2. The second-order valence-electron chi connectivity index (χ2n) is 10.7. The molecular formula is C32H36N2O7S. The Morgan fingerprint density at radius 2 is 1.48 bits per heavy atom. The Hall–Kier alpha value is -3.89. The van der Waals surface area contributed by atoms with Gasteiger partial charge < -0.3 is 19.5 Å². The average molecular weight is 593 g/mol. The molecule has 10 heteroatoms. The average Bonchev–Trinajstić information content (AvgIpc) is 3.04. The van der Waals surface area contributed by atoms with Crippen LogP contribution in [0, 0.1) is 5.92 Å². The molecule has 222 valence electrons. The predicted octanol–water partition coefficient (Wildman–Crippen LogP) is 4.20. The molecule has 1 N–H and O–H groups in total. The minimum atomic E-state index is -3.91. The number of nitrogens with zero attached hydrogens (tertiary/aromatic N) is 1. The van der Waals surface area contributed by atoms with E-state index in [1.807, 2.05) is 42.5 Å². The summed E-state index contributed by atoms with van der Waals surface area (Å²) in [6.07, 6.45) is 3.13. The van der Waals surface area contributed by atoms with Gasteiger partial charge in [-0.05, 0) is 67.0 Å². The largest absolute Gasteiger partial charge is 0.496 e. The predicted molar refractivity (Wildman–Crippen MR) is 158 cm³/mol. The number of hydrogen-bond acceptors (Lipinski definition) is 7. The Morgan fingerprint density at radius 1 is 0.857 bits per heavy atom. The highest BCUT2D eigenvalue weighted by atomic mass is 32.2. The molecule has 3 fully saturated rings. The fraction of sp³-hybridized carbons (Fsp3) is 0.375. The minimum Gasteiger partial charge on any atom is -0.496 e. The number of piperidine rings is 2. The smallest absolute Gasteiger partial charge is 0.328 e. The molecule has 1 amide bonds. The maximum Gasteiger partial charge on any atom is 0.328 e. The van der Waals surface area contributed by atoms with E-state index in [9.17, 15) is 18.0 Å². The van der Waals surface area contributed by atoms with Crippen molar-refractivity contribution in [2.45, 2.75) is 55.1 Å². The van der Waals surface area contributed by atoms with Gasteiger partial charge in [-0.1, -0.05) is 48.5 Å². The summed E-state index contributed by atoms with van der Waals surface area (Å²) in [4.78, 5) is 26.8. The topological polar surface area (TPSA) is 111 Å². The molecule has 6 rings (SSSR count). The van der Waals surface area contributed by atoms with E-state index in [-0.39, 0.29) is 23.3 Å². The molecule has 9 nitrogen and oxygen atoms in total. The van der Waals surface area contributed by atoms with Gasteiger partial charge in [-0.25, -0.2) is 13.2 Å². The van der Waals surface area contributed by atoms with Crippen LogP contribution in [-0.2, 0) is 30.8 Å². The van der Waals surface area contributed by atoms with Crippen molar-refractivity contribution in [3.8, 4) is 22.6 Å². The molecule has 0 spiro atoms. The Labute approximate surface area is 246 Å². The lowest BCUT2D eigenvalue weighted by Gasteiger charge is -2.49. The van der Waals surface area contributed by atoms with E-state index in [0.29, 0.717) is 24.3 Å². The van der Waals surface area contributed by atoms with Gasteiger partial charge in [0.1, 0.15) is 23.6 Å². The molecule has 2 aliphatic heterocycles. The number of benzene rings is 3. The number of methoxy groups -OCH3 is 3. The van der Waals surface area contributed by atoms with Crippen LogP contribution < -0.4 is 14.8 Å². The highest BCUT2D eigenvalue weighted by Gasteiger charge is 2.51. The van der Waals surface area contributed by atoms with E-state index in [1.165, 1.54) is 11.4 Å². The van der Waals surface area contributed by atoms with E-state index in [4.69, 9.17) is 14.2 Å². The second-order valence-corrected chi connectivity index (χ2v) is 12.5. The first-order valence-electron chi connectivity index (χ1n) is 14.1. The molecule has 2 heterocycles. The van der Waals surface area contributed by atoms with Crippen LogP contribution in [-0.4, -0.2) is 64.1 Å². The van der Waals surface area contributed by atoms with Crippen LogP contribution in [0.4, 0.5) is 0 Å². The van der Waals surface area contributed by atoms with Gasteiger partial charge in [0.2, 0.25) is 15.9 Å². The molecule has 2 bridgehead atoms. The van der Waals surface area contributed by atoms with Crippen LogP contribution in [0.5, 0.6) is 11.5 Å². The molecule has 42 heavy (non-hydrogen) atoms. The van der Waals surface area contributed by atoms with E-state index in [1.54, 1.807) is 44.6 Å². The van der Waals surface area contributed by atoms with Gasteiger partial charge in [-0.3, -0.25) is 4.79 Å². The highest BCUT2D eigenvalue weighted by Crippen LogP contribution is 2.43. The van der Waals surface area contributed by atoms with E-state index >= 15 is 0 Å². The Balaban J connectivity index is 1.38. The van der Waals surface area contributed by atoms with Crippen LogP contribution in [0.1, 0.15) is 31.2 Å². The van der Waals surface area contributed by atoms with Crippen LogP contribution in [0.2, 0.25) is 0 Å². The molecule has 1 unspecified atom stereocenters. The maximum atomic E-state index is 13.8. The molecule has 2 saturated heterocycles. The van der Waals surface area contributed by atoms with E-state index in [0.717, 1.165) is 29.5 Å². The summed E-state index contributed by atoms with van der Waals surface area (Å²) in [5, 5.41) is 2.85. The molecular weight excluding hydrogens is 556 g/mol. The Morgan fingerprint density at radius 3 is 2.05 bits per heavy atom. The van der Waals surface area contributed by atoms with Crippen molar-refractivity contribution in [3.05, 3.63) is 78.4 Å². The van der Waals surface area contributed by atoms with Gasteiger partial charge in [-0.2, -0.15) is 4.31 Å². The van der Waals surface area contributed by atoms with Gasteiger partial charge in [0.05, 0.1) is 31.8 Å². The number of carbonyl (C=O) groups is 2. The zero-order valence-corrected chi connectivity index (χ0v) is 24.8. The van der Waals surface area contributed by atoms with Crippen molar-refractivity contribution >= 4 is 21.9 Å². The number of sulfonamides is 1. The molecule has 3 aliphatic rings. The van der Waals surface area contributed by atoms with Crippen molar-refractivity contribution in [1.82, 2.24) is 9.62 Å². The van der Waals surface area contributed by atoms with Crippen molar-refractivity contribution < 1.29 is 32.2 Å². The summed E-state index contributed by atoms with van der Waals surface area (Å²) in [6, 6.07) is 19.2. The van der Waals surface area contributed by atoms with Gasteiger partial charge >= 0.3 is 5.97 Å². The third-order valence-electron chi connectivity index (χ3n) is 8.32. The van der Waals surface area contributed by atoms with Gasteiger partial charge in [-0.15, -0.1) is 0 Å². The number of esters is 1. The zero-order valence-electron chi connectivity index (χ0n) is 24.0. The maximum absolute atomic E-state index is 13.8. The third-order valence-corrected chi connectivity index (χ3v) is 10.3. The Kier molecular flexibility index (Phi) is 8.84. The van der Waals surface area contributed by atoms with Crippen molar-refractivity contribution in [3.63, 3.8) is 0 Å². The van der Waals surface area contributed by atoms with Crippen molar-refractivity contribution in [2.24, 2.45) is 5.92 Å². The second kappa shape index (κ2) is 12.5. The van der Waals surface area contributed by atoms with Crippen LogP contribution >= 0.6 is 0 Å². The summed E-state index contributed by atoms with van der Waals surface area (Å²) in [5.74, 6) is 0.131. The lowest BCUT2D eigenvalue weighted by Crippen LogP contribution is -2.63. The number of rotatable bonds is 10. The van der Waals surface area contributed by atoms with Crippen molar-refractivity contribution in [2.75, 3.05) is 21.3 Å². The van der Waals surface area contributed by atoms with Gasteiger partial charge in [0.25, 0.3) is 0 Å². The molecule has 1 saturated carbocycles. The number of fused-ring (bicyclic) bond motifs is 3. The summed E-state index contributed by atoms with van der Waals surface area (Å²) in [7, 11) is 0.552. The van der Waals surface area contributed by atoms with Crippen LogP contribution in [0.3, 0.4) is 0 Å². The number of hydrogen-bond donors (Lipinski definition) is 1. The first-order valence-corrected chi connectivity index (χ1v) is 15.5. The van der Waals surface area contributed by atoms with E-state index in [2.05, 4.69) is 5.32 Å². The fourth-order valence-electron chi connectivity index (χ4n) is 6.27. The SMILES string of the molecule is COC(=O)[C@H](Cc1ccc(-c2c(OC)cccc2OC)cc1)NC(=O)C1C2CCC(CC2)N1S(=O)(=O)c1ccccc1. The zero-order chi connectivity index (χ0) is 29.9. The molecule has 0 radical (unpaired) electrons. The monoisotopic (exact) mass is 592 g/mol. The minimum absolute atomic E-state index is 0.123. The van der Waals surface area contributed by atoms with Crippen LogP contribution in [0.25, 0.3) is 11.1 Å². The molecule has 3 aromatic carbocycles. The number of amides is 1. The van der Waals surface area contributed by atoms with Gasteiger partial charge in [0.15, 0.2) is 0 Å². The third kappa shape index (κ3) is 5.73. The molecule has 0 aromatic heterocycles. The number of nitrogens with one attached hydrogen (secondary N) is 1. The van der Waals surface area contributed by atoms with Gasteiger partial charge in [0, 0.05) is 12.5 Å². The highest BCUT2D eigenvalue weighted by molar-refractivity contribution is 7.89. The first-order chi connectivity index (χ1) is 20.3. The first kappa shape index (κ1) is 29.6. The molecule has 2 atom stereocenters. The standard InChI is InChI=1S/C32H36N2O7S/c1-39-27-10-7-11-28(40-2)29(27)22-14-12-21(13-15-22)20-26(32(36)41-3)33-31(35)30-23-16-18-24(19-17-23)34(30)42(37,38)25-8-5-4-6-9-25/h4-15,23-24,26,30H,16-20H2,1-3H3,(H,33,35)/t23?,24?,26-,30?/m0/s1. The quantitative estimate of drug-likeness (QED) is 0.351. The summed E-state index contributed by atoms with van der Waals surface area (Å²) in [5.41, 5.74) is 2.47. The molecule has 3 aromatic rings. The Bertz CT molecular complexity index is 1500. The van der Waals surface area contributed by atoms with Crippen LogP contribution in [0.15, 0.2) is 77.7 Å². The summed E-state index contributed by atoms with van der Waals surface area (Å²) < 4.78 is 45.0. The lowest BCUT2D eigenvalue weighted by atomic mass is 9.76.